The minimum Gasteiger partial charge on any atom is -0.360 e. The first-order valence-corrected chi connectivity index (χ1v) is 9.79. The second kappa shape index (κ2) is 5.18. The van der Waals surface area contributed by atoms with Gasteiger partial charge in [0.1, 0.15) is 17.3 Å². The zero-order valence-electron chi connectivity index (χ0n) is 14.5. The van der Waals surface area contributed by atoms with Gasteiger partial charge in [-0.1, -0.05) is 17.3 Å². The summed E-state index contributed by atoms with van der Waals surface area (Å²) in [5.41, 5.74) is 3.36. The van der Waals surface area contributed by atoms with Crippen LogP contribution in [0, 0.1) is 11.7 Å². The third kappa shape index (κ3) is 2.12. The largest absolute Gasteiger partial charge is 0.360 e. The molecular formula is C21H21FN2O2. The average molecular weight is 352 g/mol. The Morgan fingerprint density at radius 3 is 2.54 bits per heavy atom. The molecule has 3 aliphatic carbocycles. The van der Waals surface area contributed by atoms with E-state index in [1.807, 2.05) is 6.07 Å². The van der Waals surface area contributed by atoms with E-state index in [1.165, 1.54) is 6.07 Å². The molecular weight excluding hydrogens is 331 g/mol. The van der Waals surface area contributed by atoms with E-state index >= 15 is 0 Å². The molecule has 4 fully saturated rings. The monoisotopic (exact) mass is 352 g/mol. The third-order valence-corrected chi connectivity index (χ3v) is 6.62. The Labute approximate surface area is 151 Å². The number of nitrogens with one attached hydrogen (secondary N) is 1. The van der Waals surface area contributed by atoms with Crippen molar-refractivity contribution in [1.29, 1.82) is 0 Å². The fourth-order valence-corrected chi connectivity index (χ4v) is 5.09. The van der Waals surface area contributed by atoms with Gasteiger partial charge in [0.05, 0.1) is 0 Å². The summed E-state index contributed by atoms with van der Waals surface area (Å²) in [4.78, 5) is 12.3. The number of amides is 1. The van der Waals surface area contributed by atoms with Crippen LogP contribution < -0.4 is 5.32 Å². The van der Waals surface area contributed by atoms with Gasteiger partial charge >= 0.3 is 0 Å². The van der Waals surface area contributed by atoms with Gasteiger partial charge in [-0.25, -0.2) is 4.39 Å². The van der Waals surface area contributed by atoms with Gasteiger partial charge in [-0.05, 0) is 56.1 Å². The van der Waals surface area contributed by atoms with Gasteiger partial charge in [0, 0.05) is 34.9 Å². The van der Waals surface area contributed by atoms with Gasteiger partial charge in [-0.3, -0.25) is 4.79 Å². The second-order valence-corrected chi connectivity index (χ2v) is 8.45. The highest BCUT2D eigenvalue weighted by molar-refractivity contribution is 5.84. The first-order chi connectivity index (χ1) is 12.7. The molecule has 1 amide bonds. The summed E-state index contributed by atoms with van der Waals surface area (Å²) in [7, 11) is 0. The first kappa shape index (κ1) is 14.9. The standard InChI is InChI=1S/C21H21FN2O2/c22-16-3-1-2-13(10-4-5-10)17(16)19-18(20(26-24-19)11-6-7-11)14-8-12-9-15(14)21(25)23-12/h1-3,10-12,14-15H,4-9H2,(H,23,25)/t12-,14+,15+/m0/s1. The molecule has 1 aromatic heterocycles. The lowest BCUT2D eigenvalue weighted by Crippen LogP contribution is -2.34. The number of fused-ring (bicyclic) bond motifs is 2. The molecule has 5 heteroatoms. The number of benzene rings is 1. The lowest BCUT2D eigenvalue weighted by molar-refractivity contribution is -0.124. The summed E-state index contributed by atoms with van der Waals surface area (Å²) >= 11 is 0. The van der Waals surface area contributed by atoms with Crippen molar-refractivity contribution in [2.45, 2.75) is 62.3 Å². The zero-order valence-corrected chi connectivity index (χ0v) is 14.5. The van der Waals surface area contributed by atoms with Crippen LogP contribution in [-0.4, -0.2) is 17.1 Å². The lowest BCUT2D eigenvalue weighted by Gasteiger charge is -2.23. The van der Waals surface area contributed by atoms with Crippen LogP contribution in [0.3, 0.4) is 0 Å². The van der Waals surface area contributed by atoms with Crippen molar-refractivity contribution in [1.82, 2.24) is 10.5 Å². The molecule has 6 rings (SSSR count). The number of hydrogen-bond donors (Lipinski definition) is 1. The van der Waals surface area contributed by atoms with Crippen LogP contribution >= 0.6 is 0 Å². The van der Waals surface area contributed by atoms with Crippen molar-refractivity contribution in [3.8, 4) is 11.3 Å². The average Bonchev–Trinajstić information content (AvgIpc) is 3.54. The molecule has 1 N–H and O–H groups in total. The van der Waals surface area contributed by atoms with E-state index in [0.717, 1.165) is 55.4 Å². The topological polar surface area (TPSA) is 55.1 Å². The summed E-state index contributed by atoms with van der Waals surface area (Å²) in [6, 6.07) is 5.58. The van der Waals surface area contributed by atoms with Crippen molar-refractivity contribution in [3.63, 3.8) is 0 Å². The molecule has 1 aromatic carbocycles. The van der Waals surface area contributed by atoms with E-state index in [9.17, 15) is 9.18 Å². The van der Waals surface area contributed by atoms with Crippen LogP contribution in [0.4, 0.5) is 4.39 Å². The lowest BCUT2D eigenvalue weighted by atomic mass is 9.83. The van der Waals surface area contributed by atoms with Crippen LogP contribution in [-0.2, 0) is 4.79 Å². The summed E-state index contributed by atoms with van der Waals surface area (Å²) < 4.78 is 20.7. The highest BCUT2D eigenvalue weighted by Gasteiger charge is 2.50. The van der Waals surface area contributed by atoms with Gasteiger partial charge in [-0.2, -0.15) is 0 Å². The van der Waals surface area contributed by atoms with Crippen molar-refractivity contribution in [2.24, 2.45) is 5.92 Å². The van der Waals surface area contributed by atoms with Crippen LogP contribution in [0.25, 0.3) is 11.3 Å². The van der Waals surface area contributed by atoms with Gasteiger partial charge < -0.3 is 9.84 Å². The van der Waals surface area contributed by atoms with Crippen molar-refractivity contribution < 1.29 is 13.7 Å². The number of rotatable bonds is 4. The molecule has 0 spiro atoms. The summed E-state index contributed by atoms with van der Waals surface area (Å²) in [6.45, 7) is 0. The molecule has 134 valence electrons. The molecule has 2 bridgehead atoms. The van der Waals surface area contributed by atoms with Crippen LogP contribution in [0.2, 0.25) is 0 Å². The zero-order chi connectivity index (χ0) is 17.4. The molecule has 0 unspecified atom stereocenters. The molecule has 0 radical (unpaired) electrons. The summed E-state index contributed by atoms with van der Waals surface area (Å²) in [5, 5.41) is 7.44. The van der Waals surface area contributed by atoms with Crippen molar-refractivity contribution >= 4 is 5.91 Å². The van der Waals surface area contributed by atoms with E-state index in [4.69, 9.17) is 4.52 Å². The molecule has 3 saturated carbocycles. The van der Waals surface area contributed by atoms with Crippen LogP contribution in [0.15, 0.2) is 22.7 Å². The fourth-order valence-electron chi connectivity index (χ4n) is 5.09. The van der Waals surface area contributed by atoms with Crippen molar-refractivity contribution in [2.75, 3.05) is 0 Å². The number of nitrogens with zero attached hydrogens (tertiary/aromatic N) is 1. The SMILES string of the molecule is O=C1N[C@@H]2C[C@@H]1[C@H](c1c(-c3c(F)cccc3C3CC3)noc1C1CC1)C2. The number of aromatic nitrogens is 1. The maximum Gasteiger partial charge on any atom is 0.224 e. The van der Waals surface area contributed by atoms with E-state index in [-0.39, 0.29) is 29.6 Å². The Balaban J connectivity index is 1.53. The van der Waals surface area contributed by atoms with E-state index < -0.39 is 0 Å². The Morgan fingerprint density at radius 1 is 1.08 bits per heavy atom. The molecule has 2 heterocycles. The second-order valence-electron chi connectivity index (χ2n) is 8.45. The quantitative estimate of drug-likeness (QED) is 0.896. The van der Waals surface area contributed by atoms with Crippen LogP contribution in [0.5, 0.6) is 0 Å². The predicted molar refractivity (Wildman–Crippen MR) is 93.2 cm³/mol. The van der Waals surface area contributed by atoms with Crippen LogP contribution in [0.1, 0.15) is 73.2 Å². The molecule has 4 nitrogen and oxygen atoms in total. The van der Waals surface area contributed by atoms with Gasteiger partial charge in [-0.15, -0.1) is 0 Å². The molecule has 1 saturated heterocycles. The molecule has 4 aliphatic rings. The Morgan fingerprint density at radius 2 is 1.85 bits per heavy atom. The summed E-state index contributed by atoms with van der Waals surface area (Å²) in [5.74, 6) is 1.73. The first-order valence-electron chi connectivity index (χ1n) is 9.79. The van der Waals surface area contributed by atoms with Gasteiger partial charge in [0.2, 0.25) is 5.91 Å². The predicted octanol–water partition coefficient (Wildman–Crippen LogP) is 4.23. The molecule has 26 heavy (non-hydrogen) atoms. The number of piperidine rings is 1. The minimum atomic E-state index is -0.223. The van der Waals surface area contributed by atoms with E-state index in [2.05, 4.69) is 10.5 Å². The maximum atomic E-state index is 14.9. The normalized spacial score (nSPS) is 30.0. The highest BCUT2D eigenvalue weighted by atomic mass is 19.1. The molecule has 3 atom stereocenters. The Hall–Kier alpha value is -2.17. The number of carbonyl (C=O) groups is 1. The fraction of sp³-hybridized carbons (Fsp3) is 0.524. The summed E-state index contributed by atoms with van der Waals surface area (Å²) in [6.07, 6.45) is 6.21. The maximum absolute atomic E-state index is 14.9. The van der Waals surface area contributed by atoms with E-state index in [1.54, 1.807) is 6.07 Å². The van der Waals surface area contributed by atoms with Gasteiger partial charge in [0.25, 0.3) is 0 Å². The van der Waals surface area contributed by atoms with Crippen molar-refractivity contribution in [3.05, 3.63) is 40.9 Å². The Kier molecular flexibility index (Phi) is 2.98. The highest BCUT2D eigenvalue weighted by Crippen LogP contribution is 2.54. The Bertz CT molecular complexity index is 913. The van der Waals surface area contributed by atoms with E-state index in [0.29, 0.717) is 23.1 Å². The number of carbonyl (C=O) groups excluding carboxylic acids is 1. The number of halogens is 1. The minimum absolute atomic E-state index is 0.0215. The smallest absolute Gasteiger partial charge is 0.224 e. The molecule has 2 aromatic rings. The molecule has 1 aliphatic heterocycles. The van der Waals surface area contributed by atoms with Gasteiger partial charge in [0.15, 0.2) is 0 Å². The number of hydrogen-bond acceptors (Lipinski definition) is 3. The third-order valence-electron chi connectivity index (χ3n) is 6.62.